The van der Waals surface area contributed by atoms with Crippen LogP contribution in [-0.4, -0.2) is 42.9 Å². The lowest BCUT2D eigenvalue weighted by atomic mass is 9.60. The monoisotopic (exact) mass is 338 g/mol. The van der Waals surface area contributed by atoms with Crippen LogP contribution in [-0.2, 0) is 19.7 Å². The van der Waals surface area contributed by atoms with Crippen molar-refractivity contribution in [2.45, 2.75) is 31.2 Å². The average Bonchev–Trinajstić information content (AvgIpc) is 3.17. The number of hydrogen-bond acceptors (Lipinski definition) is 5. The van der Waals surface area contributed by atoms with Crippen molar-refractivity contribution < 1.29 is 14.3 Å². The Hall–Kier alpha value is -2.14. The van der Waals surface area contributed by atoms with Crippen molar-refractivity contribution in [2.24, 2.45) is 11.8 Å². The molecule has 1 aliphatic carbocycles. The van der Waals surface area contributed by atoms with E-state index in [4.69, 9.17) is 4.74 Å². The molecule has 5 nitrogen and oxygen atoms in total. The summed E-state index contributed by atoms with van der Waals surface area (Å²) in [6.45, 7) is 3.37. The lowest BCUT2D eigenvalue weighted by molar-refractivity contribution is -0.138. The van der Waals surface area contributed by atoms with E-state index in [1.165, 1.54) is 12.7 Å². The first-order valence-electron chi connectivity index (χ1n) is 9.02. The van der Waals surface area contributed by atoms with Crippen LogP contribution in [0.1, 0.15) is 25.3 Å². The lowest BCUT2D eigenvalue weighted by Crippen LogP contribution is -2.56. The van der Waals surface area contributed by atoms with Gasteiger partial charge in [-0.1, -0.05) is 18.2 Å². The summed E-state index contributed by atoms with van der Waals surface area (Å²) in [6.07, 6.45) is 1.84. The Morgan fingerprint density at radius 2 is 2.12 bits per heavy atom. The Balaban J connectivity index is 1.79. The van der Waals surface area contributed by atoms with E-state index in [9.17, 15) is 9.59 Å². The summed E-state index contributed by atoms with van der Waals surface area (Å²) in [5, 5.41) is 3.55. The highest BCUT2D eigenvalue weighted by atomic mass is 16.5. The minimum Gasteiger partial charge on any atom is -0.466 e. The van der Waals surface area contributed by atoms with Crippen LogP contribution in [0.2, 0.25) is 0 Å². The van der Waals surface area contributed by atoms with E-state index >= 15 is 0 Å². The number of ketones is 1. The van der Waals surface area contributed by atoms with Crippen LogP contribution < -0.4 is 5.32 Å². The number of hydrogen-bond donors (Lipinski definition) is 1. The summed E-state index contributed by atoms with van der Waals surface area (Å²) in [6, 6.07) is 8.72. The SMILES string of the molecule is COC(=O)C1=C2Nc3ccccc3[C@@]23CCN2C[C@H](C(C)=O)C1CC23. The van der Waals surface area contributed by atoms with Gasteiger partial charge in [0.1, 0.15) is 5.78 Å². The molecule has 0 amide bonds. The number of anilines is 1. The molecule has 2 bridgehead atoms. The van der Waals surface area contributed by atoms with Crippen LogP contribution in [0.15, 0.2) is 35.5 Å². The highest BCUT2D eigenvalue weighted by Gasteiger charge is 2.63. The largest absolute Gasteiger partial charge is 0.466 e. The van der Waals surface area contributed by atoms with E-state index in [-0.39, 0.29) is 29.0 Å². The van der Waals surface area contributed by atoms with E-state index in [1.807, 2.05) is 6.07 Å². The molecule has 5 rings (SSSR count). The van der Waals surface area contributed by atoms with E-state index in [0.29, 0.717) is 11.6 Å². The predicted molar refractivity (Wildman–Crippen MR) is 93.0 cm³/mol. The van der Waals surface area contributed by atoms with Gasteiger partial charge in [-0.3, -0.25) is 9.69 Å². The molecule has 2 fully saturated rings. The number of piperidine rings is 1. The van der Waals surface area contributed by atoms with Gasteiger partial charge in [0.15, 0.2) is 0 Å². The fraction of sp³-hybridized carbons (Fsp3) is 0.500. The zero-order valence-corrected chi connectivity index (χ0v) is 14.5. The minimum atomic E-state index is -0.287. The van der Waals surface area contributed by atoms with Gasteiger partial charge in [-0.05, 0) is 37.9 Å². The third-order valence-electron chi connectivity index (χ3n) is 6.88. The molecule has 1 aromatic carbocycles. The number of Topliss-reactive ketones (excluding diaryl/α,β-unsaturated/α-hetero) is 1. The van der Waals surface area contributed by atoms with Gasteiger partial charge in [0, 0.05) is 35.8 Å². The van der Waals surface area contributed by atoms with E-state index < -0.39 is 0 Å². The molecule has 25 heavy (non-hydrogen) atoms. The molecule has 0 radical (unpaired) electrons. The molecule has 0 saturated carbocycles. The van der Waals surface area contributed by atoms with Crippen LogP contribution in [0.3, 0.4) is 0 Å². The van der Waals surface area contributed by atoms with Crippen LogP contribution >= 0.6 is 0 Å². The average molecular weight is 338 g/mol. The molecule has 130 valence electrons. The Morgan fingerprint density at radius 3 is 2.88 bits per heavy atom. The summed E-state index contributed by atoms with van der Waals surface area (Å²) < 4.78 is 5.16. The van der Waals surface area contributed by atoms with Crippen molar-refractivity contribution in [1.29, 1.82) is 0 Å². The first-order valence-corrected chi connectivity index (χ1v) is 9.02. The maximum absolute atomic E-state index is 12.8. The number of para-hydroxylation sites is 1. The third-order valence-corrected chi connectivity index (χ3v) is 6.88. The van der Waals surface area contributed by atoms with Crippen LogP contribution in [0, 0.1) is 11.8 Å². The van der Waals surface area contributed by atoms with Gasteiger partial charge in [-0.2, -0.15) is 0 Å². The lowest BCUT2D eigenvalue weighted by Gasteiger charge is -2.50. The minimum absolute atomic E-state index is 0.0470. The summed E-state index contributed by atoms with van der Waals surface area (Å²) in [5.74, 6) is -0.293. The molecule has 4 aliphatic rings. The van der Waals surface area contributed by atoms with Gasteiger partial charge in [0.05, 0.1) is 18.1 Å². The summed E-state index contributed by atoms with van der Waals surface area (Å²) >= 11 is 0. The van der Waals surface area contributed by atoms with Gasteiger partial charge in [-0.25, -0.2) is 4.79 Å². The highest BCUT2D eigenvalue weighted by Crippen LogP contribution is 2.61. The fourth-order valence-corrected chi connectivity index (χ4v) is 5.86. The van der Waals surface area contributed by atoms with E-state index in [0.717, 1.165) is 37.3 Å². The maximum atomic E-state index is 12.8. The number of methoxy groups -OCH3 is 1. The second kappa shape index (κ2) is 4.94. The molecule has 2 unspecified atom stereocenters. The summed E-state index contributed by atoms with van der Waals surface area (Å²) in [5.41, 5.74) is 3.93. The molecule has 0 aromatic heterocycles. The number of rotatable bonds is 2. The van der Waals surface area contributed by atoms with Gasteiger partial charge in [-0.15, -0.1) is 0 Å². The van der Waals surface area contributed by atoms with E-state index in [2.05, 4.69) is 28.4 Å². The second-order valence-corrected chi connectivity index (χ2v) is 7.74. The van der Waals surface area contributed by atoms with Crippen molar-refractivity contribution in [3.05, 3.63) is 41.1 Å². The van der Waals surface area contributed by atoms with Crippen molar-refractivity contribution in [1.82, 2.24) is 4.90 Å². The Labute approximate surface area is 147 Å². The highest BCUT2D eigenvalue weighted by molar-refractivity contribution is 5.95. The van der Waals surface area contributed by atoms with Crippen LogP contribution in [0.5, 0.6) is 0 Å². The number of fused-ring (bicyclic) bond motifs is 2. The normalized spacial score (nSPS) is 35.0. The fourth-order valence-electron chi connectivity index (χ4n) is 5.86. The number of esters is 1. The first-order chi connectivity index (χ1) is 12.1. The zero-order chi connectivity index (χ0) is 17.3. The smallest absolute Gasteiger partial charge is 0.335 e. The molecule has 1 N–H and O–H groups in total. The standard InChI is InChI=1S/C20H22N2O3/c1-11(23)13-10-22-8-7-20-14-5-3-4-6-15(14)21-18(20)17(19(24)25-2)12(13)9-16(20)22/h3-6,12-13,16,21H,7-10H2,1-2H3/t12?,13-,16?,20-/m1/s1. The molecule has 2 saturated heterocycles. The molecule has 1 aromatic rings. The second-order valence-electron chi connectivity index (χ2n) is 7.74. The van der Waals surface area contributed by atoms with Crippen LogP contribution in [0.4, 0.5) is 5.69 Å². The Bertz CT molecular complexity index is 830. The Morgan fingerprint density at radius 1 is 1.32 bits per heavy atom. The number of nitrogens with one attached hydrogen (secondary N) is 1. The molecular formula is C20H22N2O3. The number of ether oxygens (including phenoxy) is 1. The number of benzene rings is 1. The van der Waals surface area contributed by atoms with Gasteiger partial charge < -0.3 is 10.1 Å². The molecule has 3 heterocycles. The number of carbonyl (C=O) groups excluding carboxylic acids is 2. The molecule has 4 atom stereocenters. The molecular weight excluding hydrogens is 316 g/mol. The van der Waals surface area contributed by atoms with Crippen molar-refractivity contribution in [2.75, 3.05) is 25.5 Å². The topological polar surface area (TPSA) is 58.6 Å². The summed E-state index contributed by atoms with van der Waals surface area (Å²) in [7, 11) is 1.43. The van der Waals surface area contributed by atoms with Crippen molar-refractivity contribution in [3.63, 3.8) is 0 Å². The number of nitrogens with zero attached hydrogens (tertiary/aromatic N) is 1. The summed E-state index contributed by atoms with van der Waals surface area (Å²) in [4.78, 5) is 27.5. The van der Waals surface area contributed by atoms with Crippen molar-refractivity contribution in [3.8, 4) is 0 Å². The predicted octanol–water partition coefficient (Wildman–Crippen LogP) is 2.09. The molecule has 3 aliphatic heterocycles. The molecule has 1 spiro atoms. The zero-order valence-electron chi connectivity index (χ0n) is 14.5. The van der Waals surface area contributed by atoms with Crippen LogP contribution in [0.25, 0.3) is 0 Å². The third kappa shape index (κ3) is 1.72. The first kappa shape index (κ1) is 15.1. The maximum Gasteiger partial charge on any atom is 0.335 e. The Kier molecular flexibility index (Phi) is 2.99. The quantitative estimate of drug-likeness (QED) is 0.837. The van der Waals surface area contributed by atoms with Gasteiger partial charge >= 0.3 is 5.97 Å². The van der Waals surface area contributed by atoms with Crippen molar-refractivity contribution >= 4 is 17.4 Å². The molecule has 5 heteroatoms. The number of carbonyl (C=O) groups is 2. The van der Waals surface area contributed by atoms with E-state index in [1.54, 1.807) is 6.92 Å². The van der Waals surface area contributed by atoms with Gasteiger partial charge in [0.25, 0.3) is 0 Å². The van der Waals surface area contributed by atoms with Gasteiger partial charge in [0.2, 0.25) is 0 Å².